The summed E-state index contributed by atoms with van der Waals surface area (Å²) in [6.45, 7) is -0.908. The molecule has 176 valence electrons. The normalized spacial score (nSPS) is 18.5. The van der Waals surface area contributed by atoms with Gasteiger partial charge >= 0.3 is 12.0 Å². The molecule has 0 aliphatic carbocycles. The topological polar surface area (TPSA) is 142 Å². The van der Waals surface area contributed by atoms with Crippen molar-refractivity contribution in [3.05, 3.63) is 65.2 Å². The van der Waals surface area contributed by atoms with Crippen LogP contribution in [0.5, 0.6) is 0 Å². The van der Waals surface area contributed by atoms with E-state index >= 15 is 0 Å². The van der Waals surface area contributed by atoms with Crippen molar-refractivity contribution in [2.45, 2.75) is 30.0 Å². The van der Waals surface area contributed by atoms with Gasteiger partial charge in [-0.1, -0.05) is 41.9 Å². The average Bonchev–Trinajstić information content (AvgIpc) is 3.20. The number of β-amino-alcohol motifs (C(OH)–C–C–N with tert-alkyl or cyclic N) is 1. The SMILES string of the molecule is O=C(COC(=O)[C@H]1C[C@@H](O)CN1S(=O)(=O)c1ccc(Cl)cc1)NC(=O)NCc1ccccc1. The second-order valence-electron chi connectivity index (χ2n) is 7.26. The van der Waals surface area contributed by atoms with Gasteiger partial charge in [-0.25, -0.2) is 13.2 Å². The van der Waals surface area contributed by atoms with E-state index in [0.29, 0.717) is 5.02 Å². The second kappa shape index (κ2) is 10.8. The molecule has 0 aromatic heterocycles. The Morgan fingerprint density at radius 3 is 2.42 bits per heavy atom. The number of carbonyl (C=O) groups excluding carboxylic acids is 3. The van der Waals surface area contributed by atoms with Crippen LogP contribution in [0.4, 0.5) is 4.79 Å². The molecule has 1 heterocycles. The fraction of sp³-hybridized carbons (Fsp3) is 0.286. The third-order valence-electron chi connectivity index (χ3n) is 4.82. The van der Waals surface area contributed by atoms with E-state index in [4.69, 9.17) is 16.3 Å². The number of nitrogens with zero attached hydrogens (tertiary/aromatic N) is 1. The Labute approximate surface area is 195 Å². The Balaban J connectivity index is 1.54. The van der Waals surface area contributed by atoms with E-state index in [0.717, 1.165) is 9.87 Å². The van der Waals surface area contributed by atoms with Crippen LogP contribution in [-0.4, -0.2) is 61.0 Å². The number of esters is 1. The summed E-state index contributed by atoms with van der Waals surface area (Å²) in [6.07, 6.45) is -1.27. The Hall–Kier alpha value is -2.99. The Morgan fingerprint density at radius 1 is 1.09 bits per heavy atom. The number of carbonyl (C=O) groups is 3. The molecule has 3 N–H and O–H groups in total. The molecular weight excluding hydrogens is 474 g/mol. The first-order valence-electron chi connectivity index (χ1n) is 9.90. The molecule has 12 heteroatoms. The van der Waals surface area contributed by atoms with E-state index in [-0.39, 0.29) is 24.4 Å². The summed E-state index contributed by atoms with van der Waals surface area (Å²) >= 11 is 5.79. The molecule has 2 atom stereocenters. The minimum atomic E-state index is -4.12. The third-order valence-corrected chi connectivity index (χ3v) is 6.96. The number of urea groups is 1. The molecule has 1 fully saturated rings. The number of sulfonamides is 1. The lowest BCUT2D eigenvalue weighted by atomic mass is 10.2. The standard InChI is InChI=1S/C21H22ClN3O7S/c22-15-6-8-17(9-7-15)33(30,31)25-12-16(26)10-18(25)20(28)32-13-19(27)24-21(29)23-11-14-4-2-1-3-5-14/h1-9,16,18,26H,10-13H2,(H2,23,24,27,29)/t16-,18-/m1/s1. The van der Waals surface area contributed by atoms with Gasteiger partial charge in [0.25, 0.3) is 5.91 Å². The highest BCUT2D eigenvalue weighted by atomic mass is 35.5. The van der Waals surface area contributed by atoms with Crippen LogP contribution in [0.15, 0.2) is 59.5 Å². The largest absolute Gasteiger partial charge is 0.454 e. The average molecular weight is 496 g/mol. The van der Waals surface area contributed by atoms with Crippen molar-refractivity contribution in [3.63, 3.8) is 0 Å². The van der Waals surface area contributed by atoms with E-state index in [2.05, 4.69) is 5.32 Å². The monoisotopic (exact) mass is 495 g/mol. The summed E-state index contributed by atoms with van der Waals surface area (Å²) in [5, 5.41) is 14.8. The number of hydrogen-bond donors (Lipinski definition) is 3. The van der Waals surface area contributed by atoms with Crippen molar-refractivity contribution in [1.29, 1.82) is 0 Å². The molecule has 0 saturated carbocycles. The van der Waals surface area contributed by atoms with E-state index in [1.165, 1.54) is 24.3 Å². The lowest BCUT2D eigenvalue weighted by Crippen LogP contribution is -2.44. The van der Waals surface area contributed by atoms with Gasteiger partial charge in [0.15, 0.2) is 6.61 Å². The maximum atomic E-state index is 12.9. The van der Waals surface area contributed by atoms with Crippen LogP contribution in [0.1, 0.15) is 12.0 Å². The summed E-state index contributed by atoms with van der Waals surface area (Å²) in [5.41, 5.74) is 0.827. The number of amides is 3. The highest BCUT2D eigenvalue weighted by Gasteiger charge is 2.44. The summed E-state index contributed by atoms with van der Waals surface area (Å²) in [5.74, 6) is -1.90. The van der Waals surface area contributed by atoms with Crippen LogP contribution in [-0.2, 0) is 30.9 Å². The van der Waals surface area contributed by atoms with E-state index in [1.807, 2.05) is 11.4 Å². The number of ether oxygens (including phenoxy) is 1. The highest BCUT2D eigenvalue weighted by Crippen LogP contribution is 2.28. The van der Waals surface area contributed by atoms with Gasteiger partial charge in [-0.3, -0.25) is 14.9 Å². The van der Waals surface area contributed by atoms with Crippen LogP contribution in [0.3, 0.4) is 0 Å². The maximum absolute atomic E-state index is 12.9. The first-order chi connectivity index (χ1) is 15.7. The minimum absolute atomic E-state index is 0.105. The number of aliphatic hydroxyl groups is 1. The molecule has 2 aromatic carbocycles. The van der Waals surface area contributed by atoms with Crippen molar-refractivity contribution in [2.75, 3.05) is 13.2 Å². The number of aliphatic hydroxyl groups excluding tert-OH is 1. The van der Waals surface area contributed by atoms with E-state index in [1.54, 1.807) is 24.3 Å². The lowest BCUT2D eigenvalue weighted by molar-refractivity contribution is -0.151. The summed E-state index contributed by atoms with van der Waals surface area (Å²) in [6, 6.07) is 12.3. The Kier molecular flexibility index (Phi) is 8.03. The molecule has 3 rings (SSSR count). The van der Waals surface area contributed by atoms with Crippen molar-refractivity contribution < 1.29 is 32.6 Å². The summed E-state index contributed by atoms with van der Waals surface area (Å²) in [4.78, 5) is 36.1. The van der Waals surface area contributed by atoms with Gasteiger partial charge in [0.1, 0.15) is 6.04 Å². The predicted octanol–water partition coefficient (Wildman–Crippen LogP) is 1.03. The number of benzene rings is 2. The highest BCUT2D eigenvalue weighted by molar-refractivity contribution is 7.89. The number of halogens is 1. The lowest BCUT2D eigenvalue weighted by Gasteiger charge is -2.22. The third kappa shape index (κ3) is 6.51. The van der Waals surface area contributed by atoms with Crippen LogP contribution in [0, 0.1) is 0 Å². The second-order valence-corrected chi connectivity index (χ2v) is 9.59. The molecule has 1 aliphatic heterocycles. The number of rotatable bonds is 7. The number of hydrogen-bond acceptors (Lipinski definition) is 7. The van der Waals surface area contributed by atoms with Crippen molar-refractivity contribution >= 4 is 39.5 Å². The zero-order chi connectivity index (χ0) is 24.0. The summed E-state index contributed by atoms with van der Waals surface area (Å²) < 4.78 is 31.6. The van der Waals surface area contributed by atoms with Gasteiger partial charge in [0.05, 0.1) is 11.0 Å². The summed E-state index contributed by atoms with van der Waals surface area (Å²) in [7, 11) is -4.12. The van der Waals surface area contributed by atoms with Crippen LogP contribution in [0.25, 0.3) is 0 Å². The van der Waals surface area contributed by atoms with Crippen molar-refractivity contribution in [2.24, 2.45) is 0 Å². The molecule has 0 unspecified atom stereocenters. The maximum Gasteiger partial charge on any atom is 0.325 e. The van der Waals surface area contributed by atoms with Gasteiger partial charge in [-0.05, 0) is 29.8 Å². The van der Waals surface area contributed by atoms with Gasteiger partial charge in [0.2, 0.25) is 10.0 Å². The zero-order valence-electron chi connectivity index (χ0n) is 17.3. The zero-order valence-corrected chi connectivity index (χ0v) is 18.9. The van der Waals surface area contributed by atoms with Gasteiger partial charge in [0, 0.05) is 24.5 Å². The first-order valence-corrected chi connectivity index (χ1v) is 11.7. The minimum Gasteiger partial charge on any atom is -0.454 e. The van der Waals surface area contributed by atoms with E-state index in [9.17, 15) is 27.9 Å². The molecule has 2 aromatic rings. The fourth-order valence-corrected chi connectivity index (χ4v) is 4.98. The number of imide groups is 1. The molecule has 0 radical (unpaired) electrons. The Bertz CT molecular complexity index is 1110. The smallest absolute Gasteiger partial charge is 0.325 e. The van der Waals surface area contributed by atoms with Crippen LogP contribution >= 0.6 is 11.6 Å². The molecule has 0 spiro atoms. The van der Waals surface area contributed by atoms with Gasteiger partial charge in [-0.15, -0.1) is 0 Å². The molecule has 10 nitrogen and oxygen atoms in total. The van der Waals surface area contributed by atoms with Gasteiger partial charge in [-0.2, -0.15) is 4.31 Å². The molecule has 1 aliphatic rings. The van der Waals surface area contributed by atoms with Crippen LogP contribution < -0.4 is 10.6 Å². The van der Waals surface area contributed by atoms with Gasteiger partial charge < -0.3 is 15.2 Å². The molecule has 3 amide bonds. The molecule has 0 bridgehead atoms. The predicted molar refractivity (Wildman–Crippen MR) is 118 cm³/mol. The molecule has 33 heavy (non-hydrogen) atoms. The van der Waals surface area contributed by atoms with E-state index < -0.39 is 46.7 Å². The number of nitrogens with one attached hydrogen (secondary N) is 2. The molecule has 1 saturated heterocycles. The van der Waals surface area contributed by atoms with Crippen molar-refractivity contribution in [3.8, 4) is 0 Å². The van der Waals surface area contributed by atoms with Crippen molar-refractivity contribution in [1.82, 2.24) is 14.9 Å². The molecular formula is C21H22ClN3O7S. The Morgan fingerprint density at radius 2 is 1.76 bits per heavy atom. The first kappa shape index (κ1) is 24.6. The van der Waals surface area contributed by atoms with Crippen LogP contribution in [0.2, 0.25) is 5.02 Å². The fourth-order valence-electron chi connectivity index (χ4n) is 3.22. The quantitative estimate of drug-likeness (QED) is 0.487.